The SMILES string of the molecule is CC1CN=C(NC2CNC(=O)C2)S1. The van der Waals surface area contributed by atoms with Crippen LogP contribution in [0.3, 0.4) is 0 Å². The van der Waals surface area contributed by atoms with E-state index in [-0.39, 0.29) is 11.9 Å². The molecule has 0 bridgehead atoms. The summed E-state index contributed by atoms with van der Waals surface area (Å²) in [6, 6.07) is 0.240. The van der Waals surface area contributed by atoms with Gasteiger partial charge < -0.3 is 10.6 Å². The first kappa shape index (κ1) is 8.87. The van der Waals surface area contributed by atoms with Gasteiger partial charge in [0.2, 0.25) is 5.91 Å². The topological polar surface area (TPSA) is 53.5 Å². The summed E-state index contributed by atoms with van der Waals surface area (Å²) in [6.07, 6.45) is 0.577. The van der Waals surface area contributed by atoms with Gasteiger partial charge in [0.25, 0.3) is 0 Å². The van der Waals surface area contributed by atoms with Crippen LogP contribution < -0.4 is 10.6 Å². The van der Waals surface area contributed by atoms with Crippen LogP contribution in [0, 0.1) is 0 Å². The Morgan fingerprint density at radius 2 is 2.54 bits per heavy atom. The number of nitrogens with zero attached hydrogens (tertiary/aromatic N) is 1. The number of aliphatic imine (C=N–C) groups is 1. The first-order valence-electron chi connectivity index (χ1n) is 4.48. The van der Waals surface area contributed by atoms with Crippen molar-refractivity contribution in [2.24, 2.45) is 4.99 Å². The normalized spacial score (nSPS) is 33.0. The van der Waals surface area contributed by atoms with E-state index in [9.17, 15) is 4.79 Å². The van der Waals surface area contributed by atoms with Crippen LogP contribution in [-0.2, 0) is 4.79 Å². The lowest BCUT2D eigenvalue weighted by molar-refractivity contribution is -0.119. The highest BCUT2D eigenvalue weighted by molar-refractivity contribution is 8.14. The first-order chi connectivity index (χ1) is 6.24. The van der Waals surface area contributed by atoms with Crippen LogP contribution in [0.25, 0.3) is 0 Å². The minimum Gasteiger partial charge on any atom is -0.360 e. The summed E-state index contributed by atoms with van der Waals surface area (Å²) >= 11 is 1.75. The second-order valence-corrected chi connectivity index (χ2v) is 4.85. The lowest BCUT2D eigenvalue weighted by atomic mass is 10.3. The molecule has 1 amide bonds. The van der Waals surface area contributed by atoms with Crippen molar-refractivity contribution >= 4 is 22.8 Å². The van der Waals surface area contributed by atoms with E-state index in [1.165, 1.54) is 0 Å². The van der Waals surface area contributed by atoms with Crippen LogP contribution in [0.1, 0.15) is 13.3 Å². The maximum Gasteiger partial charge on any atom is 0.222 e. The van der Waals surface area contributed by atoms with Gasteiger partial charge in [0.15, 0.2) is 5.17 Å². The zero-order chi connectivity index (χ0) is 9.26. The molecule has 0 aliphatic carbocycles. The van der Waals surface area contributed by atoms with Gasteiger partial charge in [-0.25, -0.2) is 0 Å². The molecule has 2 aliphatic rings. The summed E-state index contributed by atoms with van der Waals surface area (Å²) in [5.74, 6) is 0.133. The van der Waals surface area contributed by atoms with Crippen LogP contribution in [0.15, 0.2) is 4.99 Å². The molecule has 2 unspecified atom stereocenters. The lowest BCUT2D eigenvalue weighted by Crippen LogP contribution is -2.34. The highest BCUT2D eigenvalue weighted by atomic mass is 32.2. The summed E-state index contributed by atoms with van der Waals surface area (Å²) in [6.45, 7) is 3.77. The number of hydrogen-bond donors (Lipinski definition) is 2. The van der Waals surface area contributed by atoms with E-state index in [0.717, 1.165) is 18.3 Å². The molecule has 4 nitrogen and oxygen atoms in total. The van der Waals surface area contributed by atoms with E-state index in [1.807, 2.05) is 0 Å². The molecule has 72 valence electrons. The van der Waals surface area contributed by atoms with E-state index in [4.69, 9.17) is 0 Å². The number of carbonyl (C=O) groups excluding carboxylic acids is 1. The Balaban J connectivity index is 1.82. The third-order valence-corrected chi connectivity index (χ3v) is 3.13. The molecular weight excluding hydrogens is 186 g/mol. The maximum atomic E-state index is 10.9. The van der Waals surface area contributed by atoms with Crippen molar-refractivity contribution in [2.75, 3.05) is 13.1 Å². The average molecular weight is 199 g/mol. The van der Waals surface area contributed by atoms with E-state index in [2.05, 4.69) is 22.5 Å². The van der Waals surface area contributed by atoms with Crippen LogP contribution in [0.2, 0.25) is 0 Å². The van der Waals surface area contributed by atoms with Crippen molar-refractivity contribution in [3.05, 3.63) is 0 Å². The van der Waals surface area contributed by atoms with Crippen molar-refractivity contribution in [3.63, 3.8) is 0 Å². The molecule has 0 aromatic rings. The smallest absolute Gasteiger partial charge is 0.222 e. The molecule has 2 rings (SSSR count). The van der Waals surface area contributed by atoms with Gasteiger partial charge in [-0.2, -0.15) is 0 Å². The number of nitrogens with one attached hydrogen (secondary N) is 2. The van der Waals surface area contributed by atoms with Gasteiger partial charge in [-0.15, -0.1) is 0 Å². The molecular formula is C8H13N3OS. The van der Waals surface area contributed by atoms with Crippen molar-refractivity contribution < 1.29 is 4.79 Å². The number of carbonyl (C=O) groups is 1. The molecule has 2 N–H and O–H groups in total. The third-order valence-electron chi connectivity index (χ3n) is 2.11. The lowest BCUT2D eigenvalue weighted by Gasteiger charge is -2.10. The predicted octanol–water partition coefficient (Wildman–Crippen LogP) is -0.0442. The van der Waals surface area contributed by atoms with Crippen molar-refractivity contribution in [2.45, 2.75) is 24.6 Å². The Morgan fingerprint density at radius 3 is 3.08 bits per heavy atom. The number of amides is 1. The summed E-state index contributed by atoms with van der Waals surface area (Å²) in [5.41, 5.74) is 0. The Morgan fingerprint density at radius 1 is 1.69 bits per heavy atom. The standard InChI is InChI=1S/C8H13N3OS/c1-5-3-10-8(13-5)11-6-2-7(12)9-4-6/h5-6H,2-4H2,1H3,(H,9,12)(H,10,11). The van der Waals surface area contributed by atoms with Crippen molar-refractivity contribution in [3.8, 4) is 0 Å². The molecule has 0 aromatic carbocycles. The minimum absolute atomic E-state index is 0.133. The highest BCUT2D eigenvalue weighted by Crippen LogP contribution is 2.19. The molecule has 0 spiro atoms. The predicted molar refractivity (Wildman–Crippen MR) is 53.9 cm³/mol. The fourth-order valence-electron chi connectivity index (χ4n) is 1.44. The van der Waals surface area contributed by atoms with Gasteiger partial charge in [0.05, 0.1) is 12.6 Å². The maximum absolute atomic E-state index is 10.9. The largest absolute Gasteiger partial charge is 0.360 e. The van der Waals surface area contributed by atoms with Gasteiger partial charge in [-0.05, 0) is 0 Å². The molecule has 5 heteroatoms. The zero-order valence-corrected chi connectivity index (χ0v) is 8.36. The Labute approximate surface area is 81.6 Å². The van der Waals surface area contributed by atoms with Gasteiger partial charge in [0.1, 0.15) is 0 Å². The molecule has 2 atom stereocenters. The third kappa shape index (κ3) is 2.15. The molecule has 13 heavy (non-hydrogen) atoms. The fraction of sp³-hybridized carbons (Fsp3) is 0.750. The molecule has 2 heterocycles. The van der Waals surface area contributed by atoms with E-state index in [1.54, 1.807) is 11.8 Å². The van der Waals surface area contributed by atoms with Gasteiger partial charge in [0, 0.05) is 18.2 Å². The van der Waals surface area contributed by atoms with Crippen molar-refractivity contribution in [1.29, 1.82) is 0 Å². The Bertz CT molecular complexity index is 254. The molecule has 2 aliphatic heterocycles. The summed E-state index contributed by atoms with van der Waals surface area (Å²) in [5, 5.41) is 7.63. The highest BCUT2D eigenvalue weighted by Gasteiger charge is 2.24. The van der Waals surface area contributed by atoms with Crippen LogP contribution >= 0.6 is 11.8 Å². The second-order valence-electron chi connectivity index (χ2n) is 3.42. The summed E-state index contributed by atoms with van der Waals surface area (Å²) in [7, 11) is 0. The van der Waals surface area contributed by atoms with Crippen molar-refractivity contribution in [1.82, 2.24) is 10.6 Å². The fourth-order valence-corrected chi connectivity index (χ4v) is 2.35. The number of hydrogen-bond acceptors (Lipinski definition) is 4. The van der Waals surface area contributed by atoms with E-state index >= 15 is 0 Å². The molecule has 1 fully saturated rings. The Hall–Kier alpha value is -0.710. The number of thioether (sulfide) groups is 1. The quantitative estimate of drug-likeness (QED) is 0.623. The summed E-state index contributed by atoms with van der Waals surface area (Å²) in [4.78, 5) is 15.2. The molecule has 1 saturated heterocycles. The van der Waals surface area contributed by atoms with Gasteiger partial charge in [-0.3, -0.25) is 9.79 Å². The molecule has 0 radical (unpaired) electrons. The Kier molecular flexibility index (Phi) is 2.44. The number of rotatable bonds is 1. The average Bonchev–Trinajstić information content (AvgIpc) is 2.62. The minimum atomic E-state index is 0.133. The molecule has 0 saturated carbocycles. The second kappa shape index (κ2) is 3.57. The van der Waals surface area contributed by atoms with Gasteiger partial charge in [-0.1, -0.05) is 18.7 Å². The summed E-state index contributed by atoms with van der Waals surface area (Å²) < 4.78 is 0. The van der Waals surface area contributed by atoms with E-state index < -0.39 is 0 Å². The van der Waals surface area contributed by atoms with Crippen LogP contribution in [-0.4, -0.2) is 35.5 Å². The van der Waals surface area contributed by atoms with Gasteiger partial charge >= 0.3 is 0 Å². The van der Waals surface area contributed by atoms with E-state index in [0.29, 0.717) is 11.7 Å². The van der Waals surface area contributed by atoms with Crippen LogP contribution in [0.4, 0.5) is 0 Å². The van der Waals surface area contributed by atoms with Crippen LogP contribution in [0.5, 0.6) is 0 Å². The first-order valence-corrected chi connectivity index (χ1v) is 5.36. The number of amidine groups is 1. The molecule has 0 aromatic heterocycles. The zero-order valence-electron chi connectivity index (χ0n) is 7.54. The monoisotopic (exact) mass is 199 g/mol.